The van der Waals surface area contributed by atoms with Crippen LogP contribution in [0.1, 0.15) is 27.6 Å². The van der Waals surface area contributed by atoms with Gasteiger partial charge in [-0.05, 0) is 19.1 Å². The zero-order valence-corrected chi connectivity index (χ0v) is 15.2. The number of thiazole rings is 1. The van der Waals surface area contributed by atoms with Crippen LogP contribution in [-0.2, 0) is 4.79 Å². The largest absolute Gasteiger partial charge is 0.300 e. The summed E-state index contributed by atoms with van der Waals surface area (Å²) in [5, 5.41) is 4.96. The van der Waals surface area contributed by atoms with Gasteiger partial charge >= 0.3 is 0 Å². The van der Waals surface area contributed by atoms with Crippen molar-refractivity contribution in [1.29, 1.82) is 0 Å². The first kappa shape index (κ1) is 17.1. The molecule has 0 bridgehead atoms. The van der Waals surface area contributed by atoms with E-state index in [0.717, 1.165) is 16.2 Å². The van der Waals surface area contributed by atoms with Crippen LogP contribution in [0.25, 0.3) is 11.3 Å². The molecule has 0 radical (unpaired) electrons. The molecule has 0 saturated heterocycles. The summed E-state index contributed by atoms with van der Waals surface area (Å²) in [5.41, 5.74) is 2.34. The Morgan fingerprint density at radius 2 is 1.59 bits per heavy atom. The lowest BCUT2D eigenvalue weighted by Gasteiger charge is -2.21. The van der Waals surface area contributed by atoms with Gasteiger partial charge in [0, 0.05) is 10.9 Å². The summed E-state index contributed by atoms with van der Waals surface area (Å²) >= 11 is 1.29. The van der Waals surface area contributed by atoms with Crippen molar-refractivity contribution in [2.24, 2.45) is 0 Å². The number of carbonyl (C=O) groups excluding carboxylic acids is 3. The molecular formula is C20H15N3O3S. The molecule has 134 valence electrons. The molecule has 2 aromatic carbocycles. The number of nitrogens with zero attached hydrogens (tertiary/aromatic N) is 2. The Labute approximate surface area is 159 Å². The Bertz CT molecular complexity index is 1010. The van der Waals surface area contributed by atoms with Gasteiger partial charge in [0.15, 0.2) is 5.13 Å². The molecule has 3 aromatic rings. The predicted octanol–water partition coefficient (Wildman–Crippen LogP) is 3.43. The van der Waals surface area contributed by atoms with Crippen LogP contribution in [0.2, 0.25) is 0 Å². The molecule has 0 fully saturated rings. The second-order valence-corrected chi connectivity index (χ2v) is 6.95. The Morgan fingerprint density at radius 1 is 1.00 bits per heavy atom. The highest BCUT2D eigenvalue weighted by Crippen LogP contribution is 2.27. The molecule has 1 aromatic heterocycles. The number of fused-ring (bicyclic) bond motifs is 1. The average molecular weight is 377 g/mol. The van der Waals surface area contributed by atoms with Crippen molar-refractivity contribution in [3.8, 4) is 11.3 Å². The predicted molar refractivity (Wildman–Crippen MR) is 103 cm³/mol. The van der Waals surface area contributed by atoms with Crippen molar-refractivity contribution in [2.75, 3.05) is 5.32 Å². The molecule has 4 rings (SSSR count). The quantitative estimate of drug-likeness (QED) is 0.707. The maximum Gasteiger partial charge on any atom is 0.262 e. The lowest BCUT2D eigenvalue weighted by molar-refractivity contribution is -0.119. The van der Waals surface area contributed by atoms with E-state index in [4.69, 9.17) is 0 Å². The van der Waals surface area contributed by atoms with E-state index in [1.165, 1.54) is 18.3 Å². The first-order chi connectivity index (χ1) is 13.1. The van der Waals surface area contributed by atoms with Crippen LogP contribution in [0, 0.1) is 0 Å². The normalized spacial score (nSPS) is 14.2. The van der Waals surface area contributed by atoms with E-state index >= 15 is 0 Å². The van der Waals surface area contributed by atoms with Crippen LogP contribution in [0.15, 0.2) is 60.0 Å². The van der Waals surface area contributed by atoms with Crippen LogP contribution in [0.4, 0.5) is 5.13 Å². The minimum absolute atomic E-state index is 0.322. The molecule has 2 heterocycles. The van der Waals surface area contributed by atoms with E-state index in [9.17, 15) is 14.4 Å². The Kier molecular flexibility index (Phi) is 4.29. The summed E-state index contributed by atoms with van der Waals surface area (Å²) in [5.74, 6) is -1.37. The first-order valence-electron chi connectivity index (χ1n) is 8.35. The highest BCUT2D eigenvalue weighted by molar-refractivity contribution is 7.14. The molecule has 1 aliphatic heterocycles. The van der Waals surface area contributed by atoms with Crippen molar-refractivity contribution in [2.45, 2.75) is 13.0 Å². The molecule has 27 heavy (non-hydrogen) atoms. The van der Waals surface area contributed by atoms with Crippen LogP contribution in [0.3, 0.4) is 0 Å². The Hall–Kier alpha value is -3.32. The molecule has 1 atom stereocenters. The minimum Gasteiger partial charge on any atom is -0.300 e. The number of carbonyl (C=O) groups is 3. The third-order valence-corrected chi connectivity index (χ3v) is 5.15. The summed E-state index contributed by atoms with van der Waals surface area (Å²) in [6.45, 7) is 1.53. The van der Waals surface area contributed by atoms with Crippen molar-refractivity contribution < 1.29 is 14.4 Å². The van der Waals surface area contributed by atoms with E-state index in [-0.39, 0.29) is 0 Å². The van der Waals surface area contributed by atoms with Gasteiger partial charge in [-0.1, -0.05) is 42.5 Å². The van der Waals surface area contributed by atoms with Gasteiger partial charge < -0.3 is 5.32 Å². The second kappa shape index (κ2) is 6.77. The third-order valence-electron chi connectivity index (χ3n) is 4.40. The fourth-order valence-corrected chi connectivity index (χ4v) is 3.68. The summed E-state index contributed by atoms with van der Waals surface area (Å²) in [4.78, 5) is 43.0. The molecule has 0 saturated carbocycles. The van der Waals surface area contributed by atoms with Gasteiger partial charge in [-0.15, -0.1) is 11.3 Å². The van der Waals surface area contributed by atoms with Gasteiger partial charge in [0.1, 0.15) is 6.04 Å². The van der Waals surface area contributed by atoms with Crippen molar-refractivity contribution in [1.82, 2.24) is 9.88 Å². The molecule has 3 amide bonds. The second-order valence-electron chi connectivity index (χ2n) is 6.10. The number of aromatic nitrogens is 1. The topological polar surface area (TPSA) is 79.4 Å². The monoisotopic (exact) mass is 377 g/mol. The molecule has 0 spiro atoms. The number of nitrogens with one attached hydrogen (secondary N) is 1. The average Bonchev–Trinajstić information content (AvgIpc) is 3.26. The SMILES string of the molecule is C[C@H](C(=O)Nc1nc(-c2ccccc2)cs1)N1C(=O)c2ccccc2C1=O. The Balaban J connectivity index is 1.50. The number of anilines is 1. The number of amides is 3. The molecule has 6 nitrogen and oxygen atoms in total. The molecule has 0 unspecified atom stereocenters. The van der Waals surface area contributed by atoms with Gasteiger partial charge in [-0.25, -0.2) is 4.98 Å². The summed E-state index contributed by atoms with van der Waals surface area (Å²) in [6.07, 6.45) is 0. The smallest absolute Gasteiger partial charge is 0.262 e. The number of imide groups is 1. The maximum absolute atomic E-state index is 12.6. The number of hydrogen-bond donors (Lipinski definition) is 1. The first-order valence-corrected chi connectivity index (χ1v) is 9.23. The lowest BCUT2D eigenvalue weighted by Crippen LogP contribution is -2.45. The van der Waals surface area contributed by atoms with Crippen molar-refractivity contribution in [3.63, 3.8) is 0 Å². The standard InChI is InChI=1S/C20H15N3O3S/c1-12(23-18(25)14-9-5-6-10-15(14)19(23)26)17(24)22-20-21-16(11-27-20)13-7-3-2-4-8-13/h2-12H,1H3,(H,21,22,24)/t12-/m1/s1. The van der Waals surface area contributed by atoms with Crippen molar-refractivity contribution >= 4 is 34.2 Å². The van der Waals surface area contributed by atoms with E-state index < -0.39 is 23.8 Å². The van der Waals surface area contributed by atoms with E-state index in [1.54, 1.807) is 24.3 Å². The Morgan fingerprint density at radius 3 is 2.22 bits per heavy atom. The highest BCUT2D eigenvalue weighted by atomic mass is 32.1. The van der Waals surface area contributed by atoms with Gasteiger partial charge in [0.2, 0.25) is 5.91 Å². The molecular weight excluding hydrogens is 362 g/mol. The van der Waals surface area contributed by atoms with E-state index in [2.05, 4.69) is 10.3 Å². The van der Waals surface area contributed by atoms with Gasteiger partial charge in [0.05, 0.1) is 16.8 Å². The lowest BCUT2D eigenvalue weighted by atomic mass is 10.1. The van der Waals surface area contributed by atoms with E-state index in [0.29, 0.717) is 16.3 Å². The number of benzene rings is 2. The molecule has 0 aliphatic carbocycles. The number of rotatable bonds is 4. The summed E-state index contributed by atoms with van der Waals surface area (Å²) in [6, 6.07) is 15.2. The van der Waals surface area contributed by atoms with E-state index in [1.807, 2.05) is 35.7 Å². The fourth-order valence-electron chi connectivity index (χ4n) is 2.96. The van der Waals surface area contributed by atoms with Gasteiger partial charge in [0.25, 0.3) is 11.8 Å². The third kappa shape index (κ3) is 3.02. The zero-order valence-electron chi connectivity index (χ0n) is 14.4. The number of hydrogen-bond acceptors (Lipinski definition) is 5. The van der Waals surface area contributed by atoms with Crippen LogP contribution < -0.4 is 5.32 Å². The summed E-state index contributed by atoms with van der Waals surface area (Å²) in [7, 11) is 0. The van der Waals surface area contributed by atoms with Gasteiger partial charge in [-0.2, -0.15) is 0 Å². The zero-order chi connectivity index (χ0) is 19.0. The van der Waals surface area contributed by atoms with Crippen molar-refractivity contribution in [3.05, 3.63) is 71.1 Å². The fraction of sp³-hybridized carbons (Fsp3) is 0.100. The minimum atomic E-state index is -0.943. The van der Waals surface area contributed by atoms with Crippen LogP contribution in [0.5, 0.6) is 0 Å². The molecule has 1 N–H and O–H groups in total. The molecule has 7 heteroatoms. The highest BCUT2D eigenvalue weighted by Gasteiger charge is 2.40. The maximum atomic E-state index is 12.6. The molecule has 1 aliphatic rings. The van der Waals surface area contributed by atoms with Gasteiger partial charge in [-0.3, -0.25) is 19.3 Å². The summed E-state index contributed by atoms with van der Waals surface area (Å²) < 4.78 is 0. The van der Waals surface area contributed by atoms with Crippen LogP contribution >= 0.6 is 11.3 Å². The van der Waals surface area contributed by atoms with Crippen LogP contribution in [-0.4, -0.2) is 33.6 Å².